The second-order valence-electron chi connectivity index (χ2n) is 7.71. The molecule has 3 aromatic carbocycles. The van der Waals surface area contributed by atoms with Crippen molar-refractivity contribution in [3.8, 4) is 5.75 Å². The van der Waals surface area contributed by atoms with Crippen LogP contribution in [0.1, 0.15) is 16.7 Å². The molecule has 5 nitrogen and oxygen atoms in total. The molecule has 1 aliphatic rings. The van der Waals surface area contributed by atoms with Gasteiger partial charge in [0, 0.05) is 38.3 Å². The van der Waals surface area contributed by atoms with Crippen molar-refractivity contribution >= 4 is 20.8 Å². The van der Waals surface area contributed by atoms with Crippen LogP contribution in [0, 0.1) is 13.8 Å². The Bertz CT molecular complexity index is 1150. The number of hydrogen-bond acceptors (Lipinski definition) is 4. The van der Waals surface area contributed by atoms with Crippen LogP contribution in [0.25, 0.3) is 10.8 Å². The van der Waals surface area contributed by atoms with Crippen LogP contribution in [0.2, 0.25) is 0 Å². The molecule has 0 amide bonds. The van der Waals surface area contributed by atoms with Gasteiger partial charge in [-0.3, -0.25) is 4.90 Å². The number of nitrogens with zero attached hydrogens (tertiary/aromatic N) is 2. The summed E-state index contributed by atoms with van der Waals surface area (Å²) in [6.45, 7) is 6.67. The molecule has 1 heterocycles. The number of rotatable bonds is 4. The molecule has 1 saturated heterocycles. The van der Waals surface area contributed by atoms with E-state index in [1.807, 2.05) is 50.2 Å². The Balaban J connectivity index is 1.49. The summed E-state index contributed by atoms with van der Waals surface area (Å²) in [6.07, 6.45) is 0. The van der Waals surface area contributed by atoms with E-state index in [4.69, 9.17) is 0 Å². The molecule has 6 heteroatoms. The number of piperazine rings is 1. The summed E-state index contributed by atoms with van der Waals surface area (Å²) in [5, 5.41) is 12.5. The summed E-state index contributed by atoms with van der Waals surface area (Å²) >= 11 is 0. The number of phenolic OH excluding ortho intramolecular Hbond substituents is 1. The predicted octanol–water partition coefficient (Wildman–Crippen LogP) is 3.67. The molecule has 152 valence electrons. The van der Waals surface area contributed by atoms with Crippen molar-refractivity contribution in [3.63, 3.8) is 0 Å². The van der Waals surface area contributed by atoms with Gasteiger partial charge in [-0.1, -0.05) is 36.4 Å². The molecule has 0 atom stereocenters. The lowest BCUT2D eigenvalue weighted by Crippen LogP contribution is -2.48. The van der Waals surface area contributed by atoms with E-state index in [-0.39, 0.29) is 5.75 Å². The van der Waals surface area contributed by atoms with E-state index >= 15 is 0 Å². The van der Waals surface area contributed by atoms with Crippen molar-refractivity contribution in [2.45, 2.75) is 25.3 Å². The monoisotopic (exact) mass is 410 g/mol. The molecule has 3 aromatic rings. The molecule has 0 bridgehead atoms. The van der Waals surface area contributed by atoms with Crippen LogP contribution in [0.15, 0.2) is 59.5 Å². The molecule has 0 aliphatic carbocycles. The van der Waals surface area contributed by atoms with Crippen molar-refractivity contribution in [2.24, 2.45) is 0 Å². The van der Waals surface area contributed by atoms with Crippen LogP contribution in [-0.4, -0.2) is 48.9 Å². The van der Waals surface area contributed by atoms with E-state index in [2.05, 4.69) is 4.90 Å². The highest BCUT2D eigenvalue weighted by atomic mass is 32.2. The largest absolute Gasteiger partial charge is 0.508 e. The van der Waals surface area contributed by atoms with Gasteiger partial charge in [0.15, 0.2) is 0 Å². The number of phenols is 1. The van der Waals surface area contributed by atoms with Gasteiger partial charge in [-0.2, -0.15) is 4.31 Å². The molecule has 0 aromatic heterocycles. The molecule has 0 spiro atoms. The first-order chi connectivity index (χ1) is 13.9. The van der Waals surface area contributed by atoms with E-state index < -0.39 is 10.0 Å². The summed E-state index contributed by atoms with van der Waals surface area (Å²) in [7, 11) is -3.48. The van der Waals surface area contributed by atoms with Crippen LogP contribution in [-0.2, 0) is 16.6 Å². The van der Waals surface area contributed by atoms with Crippen LogP contribution in [0.3, 0.4) is 0 Å². The Morgan fingerprint density at radius 1 is 0.897 bits per heavy atom. The van der Waals surface area contributed by atoms with Gasteiger partial charge in [0.05, 0.1) is 4.90 Å². The molecule has 1 aliphatic heterocycles. The minimum Gasteiger partial charge on any atom is -0.508 e. The lowest BCUT2D eigenvalue weighted by Gasteiger charge is -2.34. The molecule has 1 N–H and O–H groups in total. The van der Waals surface area contributed by atoms with E-state index in [0.717, 1.165) is 27.5 Å². The maximum Gasteiger partial charge on any atom is 0.243 e. The minimum absolute atomic E-state index is 0.286. The van der Waals surface area contributed by atoms with Crippen LogP contribution < -0.4 is 0 Å². The second kappa shape index (κ2) is 7.78. The Kier molecular flexibility index (Phi) is 5.34. The van der Waals surface area contributed by atoms with Crippen LogP contribution in [0.5, 0.6) is 5.75 Å². The fourth-order valence-corrected chi connectivity index (χ4v) is 5.37. The molecule has 1 fully saturated rings. The Hall–Kier alpha value is -2.41. The van der Waals surface area contributed by atoms with Gasteiger partial charge < -0.3 is 5.11 Å². The van der Waals surface area contributed by atoms with Crippen LogP contribution in [0.4, 0.5) is 0 Å². The normalized spacial score (nSPS) is 16.3. The fraction of sp³-hybridized carbons (Fsp3) is 0.304. The predicted molar refractivity (Wildman–Crippen MR) is 116 cm³/mol. The van der Waals surface area contributed by atoms with E-state index in [1.165, 1.54) is 0 Å². The quantitative estimate of drug-likeness (QED) is 0.713. The topological polar surface area (TPSA) is 60.9 Å². The zero-order chi connectivity index (χ0) is 20.6. The number of aryl methyl sites for hydroxylation is 2. The summed E-state index contributed by atoms with van der Waals surface area (Å²) < 4.78 is 27.6. The maximum atomic E-state index is 13.0. The third-order valence-electron chi connectivity index (χ3n) is 5.84. The van der Waals surface area contributed by atoms with Gasteiger partial charge in [-0.05, 0) is 53.9 Å². The zero-order valence-electron chi connectivity index (χ0n) is 16.8. The molecular formula is C23H26N2O3S. The molecule has 0 radical (unpaired) electrons. The van der Waals surface area contributed by atoms with E-state index in [1.54, 1.807) is 22.5 Å². The van der Waals surface area contributed by atoms with Gasteiger partial charge in [0.2, 0.25) is 10.0 Å². The number of hydrogen-bond donors (Lipinski definition) is 1. The molecule has 29 heavy (non-hydrogen) atoms. The Morgan fingerprint density at radius 2 is 1.62 bits per heavy atom. The summed E-state index contributed by atoms with van der Waals surface area (Å²) in [5.41, 5.74) is 2.97. The highest BCUT2D eigenvalue weighted by Crippen LogP contribution is 2.29. The molecule has 4 rings (SSSR count). The molecule has 0 unspecified atom stereocenters. The van der Waals surface area contributed by atoms with E-state index in [0.29, 0.717) is 37.6 Å². The number of aromatic hydroxyl groups is 1. The lowest BCUT2D eigenvalue weighted by molar-refractivity contribution is 0.180. The fourth-order valence-electron chi connectivity index (χ4n) is 3.87. The van der Waals surface area contributed by atoms with Crippen molar-refractivity contribution in [3.05, 3.63) is 71.3 Å². The molecule has 0 saturated carbocycles. The first kappa shape index (κ1) is 19.9. The van der Waals surface area contributed by atoms with Crippen molar-refractivity contribution in [1.29, 1.82) is 0 Å². The van der Waals surface area contributed by atoms with Gasteiger partial charge in [-0.15, -0.1) is 0 Å². The average Bonchev–Trinajstić information content (AvgIpc) is 2.72. The first-order valence-corrected chi connectivity index (χ1v) is 11.3. The van der Waals surface area contributed by atoms with Gasteiger partial charge in [-0.25, -0.2) is 8.42 Å². The van der Waals surface area contributed by atoms with Gasteiger partial charge >= 0.3 is 0 Å². The zero-order valence-corrected chi connectivity index (χ0v) is 17.6. The van der Waals surface area contributed by atoms with Gasteiger partial charge in [0.1, 0.15) is 5.75 Å². The maximum absolute atomic E-state index is 13.0. The van der Waals surface area contributed by atoms with E-state index in [9.17, 15) is 13.5 Å². The number of fused-ring (bicyclic) bond motifs is 1. The summed E-state index contributed by atoms with van der Waals surface area (Å²) in [6, 6.07) is 17.0. The highest BCUT2D eigenvalue weighted by molar-refractivity contribution is 7.89. The van der Waals surface area contributed by atoms with Crippen molar-refractivity contribution in [2.75, 3.05) is 26.2 Å². The SMILES string of the molecule is Cc1ccc(S(=O)(=O)N2CCN(Cc3c(O)ccc4ccccc34)CC2)cc1C. The summed E-state index contributed by atoms with van der Waals surface area (Å²) in [4.78, 5) is 2.56. The minimum atomic E-state index is -3.48. The third kappa shape index (κ3) is 3.88. The van der Waals surface area contributed by atoms with Gasteiger partial charge in [0.25, 0.3) is 0 Å². The Labute approximate surface area is 172 Å². The van der Waals surface area contributed by atoms with Crippen LogP contribution >= 0.6 is 0 Å². The second-order valence-corrected chi connectivity index (χ2v) is 9.65. The smallest absolute Gasteiger partial charge is 0.243 e. The van der Waals surface area contributed by atoms with Crippen molar-refractivity contribution < 1.29 is 13.5 Å². The molecular weight excluding hydrogens is 384 g/mol. The standard InChI is InChI=1S/C23H26N2O3S/c1-17-7-9-20(15-18(17)2)29(27,28)25-13-11-24(12-14-25)16-22-21-6-4-3-5-19(21)8-10-23(22)26/h3-10,15,26H,11-14,16H2,1-2H3. The number of sulfonamides is 1. The number of benzene rings is 3. The average molecular weight is 411 g/mol. The highest BCUT2D eigenvalue weighted by Gasteiger charge is 2.29. The first-order valence-electron chi connectivity index (χ1n) is 9.85. The van der Waals surface area contributed by atoms with Crippen molar-refractivity contribution in [1.82, 2.24) is 9.21 Å². The third-order valence-corrected chi connectivity index (χ3v) is 7.74. The Morgan fingerprint density at radius 3 is 2.34 bits per heavy atom. The summed E-state index contributed by atoms with van der Waals surface area (Å²) in [5.74, 6) is 0.286. The lowest BCUT2D eigenvalue weighted by atomic mass is 10.0.